The highest BCUT2D eigenvalue weighted by molar-refractivity contribution is 6.23. The first-order valence-corrected chi connectivity index (χ1v) is 7.97. The minimum atomic E-state index is -0.418. The third-order valence-corrected chi connectivity index (χ3v) is 4.47. The molecule has 0 aliphatic carbocycles. The smallest absolute Gasteiger partial charge is 0.269 e. The highest BCUT2D eigenvalue weighted by atomic mass is 16.6. The highest BCUT2D eigenvalue weighted by Crippen LogP contribution is 2.35. The average Bonchev–Trinajstić information content (AvgIpc) is 2.67. The Bertz CT molecular complexity index is 1270. The van der Waals surface area contributed by atoms with Crippen LogP contribution in [0.25, 0.3) is 32.6 Å². The van der Waals surface area contributed by atoms with E-state index in [4.69, 9.17) is 0 Å². The number of hydrogen-bond acceptors (Lipinski definition) is 6. The zero-order chi connectivity index (χ0) is 17.7. The van der Waals surface area contributed by atoms with Gasteiger partial charge in [-0.3, -0.25) is 10.1 Å². The molecular formula is C19H11N5O2. The van der Waals surface area contributed by atoms with Crippen molar-refractivity contribution in [1.29, 1.82) is 0 Å². The van der Waals surface area contributed by atoms with Crippen molar-refractivity contribution in [3.05, 3.63) is 71.2 Å². The first kappa shape index (κ1) is 14.5. The lowest BCUT2D eigenvalue weighted by atomic mass is 10.0. The Morgan fingerprint density at radius 2 is 1.58 bits per heavy atom. The number of rotatable bonds is 3. The number of nitrogens with one attached hydrogen (secondary N) is 1. The van der Waals surface area contributed by atoms with Crippen LogP contribution in [0.1, 0.15) is 0 Å². The summed E-state index contributed by atoms with van der Waals surface area (Å²) in [6, 6.07) is 14.2. The Hall–Kier alpha value is -3.87. The maximum atomic E-state index is 10.8. The van der Waals surface area contributed by atoms with E-state index in [1.165, 1.54) is 12.1 Å². The largest absolute Gasteiger partial charge is 0.340 e. The van der Waals surface area contributed by atoms with Gasteiger partial charge in [0.05, 0.1) is 16.0 Å². The summed E-state index contributed by atoms with van der Waals surface area (Å²) in [5, 5.41) is 18.1. The molecule has 124 valence electrons. The number of aromatic nitrogens is 3. The molecule has 0 fully saturated rings. The minimum Gasteiger partial charge on any atom is -0.340 e. The molecule has 5 rings (SSSR count). The molecule has 0 radical (unpaired) electrons. The number of hydrogen-bond donors (Lipinski definition) is 1. The number of non-ortho nitro benzene ring substituents is 1. The fourth-order valence-corrected chi connectivity index (χ4v) is 3.27. The van der Waals surface area contributed by atoms with E-state index in [0.717, 1.165) is 38.3 Å². The Morgan fingerprint density at radius 3 is 2.31 bits per heavy atom. The van der Waals surface area contributed by atoms with Gasteiger partial charge in [0.2, 0.25) is 0 Å². The standard InChI is InChI=1S/C19H11N5O2/c25-24(26)13-4-2-12(3-5-13)23-19-14-6-8-16-18-15(21-10-22-16)7-1-11(9-20-19)17(14)18/h1-10H,(H,20,23). The topological polar surface area (TPSA) is 93.8 Å². The van der Waals surface area contributed by atoms with Crippen molar-refractivity contribution in [2.45, 2.75) is 0 Å². The molecule has 7 heteroatoms. The third kappa shape index (κ3) is 2.11. The summed E-state index contributed by atoms with van der Waals surface area (Å²) in [4.78, 5) is 23.6. The Morgan fingerprint density at radius 1 is 0.846 bits per heavy atom. The number of benzene rings is 3. The molecule has 1 N–H and O–H groups in total. The number of anilines is 2. The fourth-order valence-electron chi connectivity index (χ4n) is 3.27. The van der Waals surface area contributed by atoms with E-state index in [2.05, 4.69) is 20.3 Å². The highest BCUT2D eigenvalue weighted by Gasteiger charge is 2.13. The van der Waals surface area contributed by atoms with E-state index in [0.29, 0.717) is 5.82 Å². The average molecular weight is 341 g/mol. The first-order valence-electron chi connectivity index (χ1n) is 7.97. The predicted molar refractivity (Wildman–Crippen MR) is 99.9 cm³/mol. The van der Waals surface area contributed by atoms with Crippen molar-refractivity contribution in [2.24, 2.45) is 0 Å². The van der Waals surface area contributed by atoms with Crippen molar-refractivity contribution >= 4 is 49.8 Å². The molecule has 7 nitrogen and oxygen atoms in total. The van der Waals surface area contributed by atoms with Crippen LogP contribution in [-0.4, -0.2) is 19.9 Å². The van der Waals surface area contributed by atoms with E-state index in [-0.39, 0.29) is 5.69 Å². The predicted octanol–water partition coefficient (Wildman–Crippen LogP) is 4.42. The summed E-state index contributed by atoms with van der Waals surface area (Å²) in [6.07, 6.45) is 3.37. The molecule has 0 saturated carbocycles. The summed E-state index contributed by atoms with van der Waals surface area (Å²) in [5.74, 6) is 0.685. The van der Waals surface area contributed by atoms with Crippen LogP contribution in [0, 0.1) is 10.1 Å². The number of pyridine rings is 1. The van der Waals surface area contributed by atoms with Gasteiger partial charge in [0.1, 0.15) is 12.1 Å². The molecular weight excluding hydrogens is 330 g/mol. The molecule has 0 saturated heterocycles. The van der Waals surface area contributed by atoms with E-state index in [1.54, 1.807) is 18.5 Å². The molecule has 2 heterocycles. The second kappa shape index (κ2) is 5.32. The number of nitrogens with zero attached hydrogens (tertiary/aromatic N) is 4. The van der Waals surface area contributed by atoms with Crippen LogP contribution in [0.4, 0.5) is 17.2 Å². The molecule has 26 heavy (non-hydrogen) atoms. The van der Waals surface area contributed by atoms with Gasteiger partial charge in [0.15, 0.2) is 0 Å². The van der Waals surface area contributed by atoms with Crippen LogP contribution in [0.3, 0.4) is 0 Å². The minimum absolute atomic E-state index is 0.0519. The zero-order valence-electron chi connectivity index (χ0n) is 13.4. The van der Waals surface area contributed by atoms with Gasteiger partial charge in [0, 0.05) is 45.6 Å². The van der Waals surface area contributed by atoms with Crippen molar-refractivity contribution in [2.75, 3.05) is 5.32 Å². The second-order valence-corrected chi connectivity index (χ2v) is 5.97. The molecule has 0 spiro atoms. The molecule has 5 aromatic rings. The first-order chi connectivity index (χ1) is 12.7. The summed E-state index contributed by atoms with van der Waals surface area (Å²) in [5.41, 5.74) is 2.56. The van der Waals surface area contributed by atoms with E-state index < -0.39 is 4.92 Å². The van der Waals surface area contributed by atoms with E-state index in [9.17, 15) is 10.1 Å². The van der Waals surface area contributed by atoms with Crippen molar-refractivity contribution < 1.29 is 4.92 Å². The molecule has 0 unspecified atom stereocenters. The maximum Gasteiger partial charge on any atom is 0.269 e. The van der Waals surface area contributed by atoms with Gasteiger partial charge >= 0.3 is 0 Å². The monoisotopic (exact) mass is 341 g/mol. The van der Waals surface area contributed by atoms with Crippen LogP contribution < -0.4 is 5.32 Å². The SMILES string of the molecule is O=[N+]([O-])c1ccc(Nc2ncc3ccc4ncnc5ccc2c3c45)cc1. The van der Waals surface area contributed by atoms with Gasteiger partial charge in [-0.1, -0.05) is 6.07 Å². The van der Waals surface area contributed by atoms with Gasteiger partial charge in [0.25, 0.3) is 5.69 Å². The fraction of sp³-hybridized carbons (Fsp3) is 0. The molecule has 0 aliphatic heterocycles. The summed E-state index contributed by atoms with van der Waals surface area (Å²) in [6.45, 7) is 0. The second-order valence-electron chi connectivity index (χ2n) is 5.97. The van der Waals surface area contributed by atoms with Crippen LogP contribution in [0.5, 0.6) is 0 Å². The van der Waals surface area contributed by atoms with Gasteiger partial charge in [-0.25, -0.2) is 15.0 Å². The Balaban J connectivity index is 1.69. The van der Waals surface area contributed by atoms with Crippen LogP contribution >= 0.6 is 0 Å². The summed E-state index contributed by atoms with van der Waals surface area (Å²) >= 11 is 0. The van der Waals surface area contributed by atoms with Crippen molar-refractivity contribution in [1.82, 2.24) is 15.0 Å². The lowest BCUT2D eigenvalue weighted by Crippen LogP contribution is -1.97. The summed E-state index contributed by atoms with van der Waals surface area (Å²) in [7, 11) is 0. The van der Waals surface area contributed by atoms with E-state index >= 15 is 0 Å². The molecule has 2 aromatic heterocycles. The van der Waals surface area contributed by atoms with Gasteiger partial charge in [-0.15, -0.1) is 0 Å². The van der Waals surface area contributed by atoms with Gasteiger partial charge in [-0.05, 0) is 30.3 Å². The Kier molecular flexibility index (Phi) is 2.96. The quantitative estimate of drug-likeness (QED) is 0.296. The maximum absolute atomic E-state index is 10.8. The number of nitro groups is 1. The van der Waals surface area contributed by atoms with Gasteiger partial charge < -0.3 is 5.32 Å². The number of nitro benzene ring substituents is 1. The van der Waals surface area contributed by atoms with Crippen LogP contribution in [0.15, 0.2) is 61.1 Å². The summed E-state index contributed by atoms with van der Waals surface area (Å²) < 4.78 is 0. The van der Waals surface area contributed by atoms with Crippen molar-refractivity contribution in [3.63, 3.8) is 0 Å². The van der Waals surface area contributed by atoms with Crippen molar-refractivity contribution in [3.8, 4) is 0 Å². The molecule has 0 bridgehead atoms. The van der Waals surface area contributed by atoms with Crippen LogP contribution in [0.2, 0.25) is 0 Å². The van der Waals surface area contributed by atoms with E-state index in [1.807, 2.05) is 30.5 Å². The lowest BCUT2D eigenvalue weighted by Gasteiger charge is -2.13. The lowest BCUT2D eigenvalue weighted by molar-refractivity contribution is -0.384. The molecule has 0 amide bonds. The molecule has 0 aliphatic rings. The van der Waals surface area contributed by atoms with Crippen LogP contribution in [-0.2, 0) is 0 Å². The zero-order valence-corrected chi connectivity index (χ0v) is 13.4. The molecule has 3 aromatic carbocycles. The Labute approximate surface area is 146 Å². The normalized spacial score (nSPS) is 11.4. The molecule has 0 atom stereocenters. The van der Waals surface area contributed by atoms with Gasteiger partial charge in [-0.2, -0.15) is 0 Å². The third-order valence-electron chi connectivity index (χ3n) is 4.47.